The van der Waals surface area contributed by atoms with Crippen molar-refractivity contribution in [2.75, 3.05) is 33.2 Å². The largest absolute Gasteiger partial charge is 0.351 e. The van der Waals surface area contributed by atoms with Gasteiger partial charge in [0.15, 0.2) is 0 Å². The van der Waals surface area contributed by atoms with E-state index in [9.17, 15) is 14.4 Å². The summed E-state index contributed by atoms with van der Waals surface area (Å²) >= 11 is 12.6. The molecule has 1 N–H and O–H groups in total. The fourth-order valence-corrected chi connectivity index (χ4v) is 6.39. The van der Waals surface area contributed by atoms with Crippen LogP contribution in [0.15, 0.2) is 42.5 Å². The number of halogens is 2. The molecule has 206 valence electrons. The number of piperidine rings is 2. The third kappa shape index (κ3) is 5.66. The number of rotatable bonds is 4. The molecule has 0 spiro atoms. The molecule has 1 aromatic heterocycles. The number of hydrogen-bond donors (Lipinski definition) is 1. The second kappa shape index (κ2) is 11.2. The Balaban J connectivity index is 1.38. The minimum atomic E-state index is -0.133. The number of carbonyl (C=O) groups is 3. The molecule has 9 heteroatoms. The summed E-state index contributed by atoms with van der Waals surface area (Å²) in [6.07, 6.45) is 1.99. The van der Waals surface area contributed by atoms with Gasteiger partial charge in [0.1, 0.15) is 5.69 Å². The summed E-state index contributed by atoms with van der Waals surface area (Å²) in [5.74, 6) is -0.132. The Kier molecular flexibility index (Phi) is 7.92. The standard InChI is InChI=1S/C30H34Cl2N4O3/c1-18-4-7-26-22(14-18)16-27(33-26)30(39)34(3)28-10-13-36(17-23(28)21-5-6-24(31)25(32)15-21)29(38)20-8-11-35(12-9-20)19(2)37/h4-7,14-16,20,23,28,33H,8-13,17H2,1-3H3/t23-,28+/m0/s1. The number of nitrogens with zero attached hydrogens (tertiary/aromatic N) is 3. The van der Waals surface area contributed by atoms with Gasteiger partial charge in [0.25, 0.3) is 5.91 Å². The molecule has 0 aliphatic carbocycles. The number of aryl methyl sites for hydroxylation is 1. The maximum atomic E-state index is 13.7. The van der Waals surface area contributed by atoms with Gasteiger partial charge in [0.05, 0.1) is 10.0 Å². The lowest BCUT2D eigenvalue weighted by atomic mass is 9.84. The summed E-state index contributed by atoms with van der Waals surface area (Å²) in [6, 6.07) is 13.4. The molecular formula is C30H34Cl2N4O3. The first-order chi connectivity index (χ1) is 18.6. The van der Waals surface area contributed by atoms with Crippen molar-refractivity contribution in [1.29, 1.82) is 0 Å². The first-order valence-corrected chi connectivity index (χ1v) is 14.2. The van der Waals surface area contributed by atoms with E-state index in [2.05, 4.69) is 11.1 Å². The Morgan fingerprint density at radius 2 is 1.64 bits per heavy atom. The molecule has 2 atom stereocenters. The molecule has 3 amide bonds. The van der Waals surface area contributed by atoms with Crippen LogP contribution in [0.2, 0.25) is 10.0 Å². The molecule has 2 aliphatic rings. The van der Waals surface area contributed by atoms with Gasteiger partial charge >= 0.3 is 0 Å². The quantitative estimate of drug-likeness (QED) is 0.451. The number of amides is 3. The second-order valence-electron chi connectivity index (χ2n) is 10.9. The number of aromatic amines is 1. The van der Waals surface area contributed by atoms with E-state index in [0.29, 0.717) is 61.2 Å². The lowest BCUT2D eigenvalue weighted by molar-refractivity contribution is -0.141. The maximum Gasteiger partial charge on any atom is 0.270 e. The van der Waals surface area contributed by atoms with Crippen LogP contribution in [-0.4, -0.2) is 76.7 Å². The molecule has 0 saturated carbocycles. The van der Waals surface area contributed by atoms with Crippen molar-refractivity contribution in [3.05, 3.63) is 69.3 Å². The monoisotopic (exact) mass is 568 g/mol. The Labute approximate surface area is 239 Å². The van der Waals surface area contributed by atoms with E-state index in [4.69, 9.17) is 23.2 Å². The molecule has 7 nitrogen and oxygen atoms in total. The second-order valence-corrected chi connectivity index (χ2v) is 11.7. The molecule has 39 heavy (non-hydrogen) atoms. The average Bonchev–Trinajstić information content (AvgIpc) is 3.36. The van der Waals surface area contributed by atoms with Crippen LogP contribution < -0.4 is 0 Å². The summed E-state index contributed by atoms with van der Waals surface area (Å²) in [4.78, 5) is 47.8. The van der Waals surface area contributed by atoms with E-state index in [0.717, 1.165) is 22.0 Å². The van der Waals surface area contributed by atoms with Gasteiger partial charge in [-0.05, 0) is 62.1 Å². The maximum absolute atomic E-state index is 13.7. The van der Waals surface area contributed by atoms with Crippen molar-refractivity contribution in [3.63, 3.8) is 0 Å². The predicted octanol–water partition coefficient (Wildman–Crippen LogP) is 5.50. The van der Waals surface area contributed by atoms with Gasteiger partial charge in [-0.15, -0.1) is 0 Å². The van der Waals surface area contributed by atoms with Crippen LogP contribution in [0, 0.1) is 12.8 Å². The van der Waals surface area contributed by atoms with Crippen LogP contribution in [-0.2, 0) is 9.59 Å². The zero-order chi connectivity index (χ0) is 27.8. The van der Waals surface area contributed by atoms with E-state index in [-0.39, 0.29) is 35.6 Å². The van der Waals surface area contributed by atoms with Crippen molar-refractivity contribution in [3.8, 4) is 0 Å². The van der Waals surface area contributed by atoms with Crippen LogP contribution in [0.5, 0.6) is 0 Å². The fourth-order valence-electron chi connectivity index (χ4n) is 6.08. The minimum absolute atomic E-state index is 0.0548. The first-order valence-electron chi connectivity index (χ1n) is 13.5. The average molecular weight is 570 g/mol. The Morgan fingerprint density at radius 3 is 2.33 bits per heavy atom. The number of likely N-dealkylation sites (tertiary alicyclic amines) is 2. The van der Waals surface area contributed by atoms with Crippen LogP contribution in [0.1, 0.15) is 53.7 Å². The highest BCUT2D eigenvalue weighted by atomic mass is 35.5. The topological polar surface area (TPSA) is 76.7 Å². The van der Waals surface area contributed by atoms with Crippen LogP contribution >= 0.6 is 23.2 Å². The third-order valence-electron chi connectivity index (χ3n) is 8.37. The summed E-state index contributed by atoms with van der Waals surface area (Å²) in [5.41, 5.74) is 3.55. The number of fused-ring (bicyclic) bond motifs is 1. The van der Waals surface area contributed by atoms with Crippen LogP contribution in [0.25, 0.3) is 10.9 Å². The molecular weight excluding hydrogens is 535 g/mol. The lowest BCUT2D eigenvalue weighted by Crippen LogP contribution is -2.53. The number of hydrogen-bond acceptors (Lipinski definition) is 3. The zero-order valence-electron chi connectivity index (χ0n) is 22.5. The number of benzene rings is 2. The number of likely N-dealkylation sites (N-methyl/N-ethyl adjacent to an activating group) is 1. The van der Waals surface area contributed by atoms with Crippen molar-refractivity contribution >= 4 is 51.8 Å². The highest BCUT2D eigenvalue weighted by Crippen LogP contribution is 2.36. The highest BCUT2D eigenvalue weighted by molar-refractivity contribution is 6.42. The van der Waals surface area contributed by atoms with Crippen LogP contribution in [0.4, 0.5) is 0 Å². The van der Waals surface area contributed by atoms with Gasteiger partial charge in [-0.3, -0.25) is 14.4 Å². The molecule has 2 aromatic carbocycles. The fraction of sp³-hybridized carbons (Fsp3) is 0.433. The minimum Gasteiger partial charge on any atom is -0.351 e. The number of aromatic nitrogens is 1. The normalized spacial score (nSPS) is 20.3. The first kappa shape index (κ1) is 27.5. The van der Waals surface area contributed by atoms with E-state index >= 15 is 0 Å². The summed E-state index contributed by atoms with van der Waals surface area (Å²) < 4.78 is 0. The smallest absolute Gasteiger partial charge is 0.270 e. The van der Waals surface area contributed by atoms with Crippen molar-refractivity contribution in [2.45, 2.75) is 45.1 Å². The SMILES string of the molecule is CC(=O)N1CCC(C(=O)N2CC[C@@H](N(C)C(=O)c3cc4cc(C)ccc4[nH]3)[C@H](c3ccc(Cl)c(Cl)c3)C2)CC1. The highest BCUT2D eigenvalue weighted by Gasteiger charge is 2.39. The molecule has 0 unspecified atom stereocenters. The molecule has 2 saturated heterocycles. The van der Waals surface area contributed by atoms with E-state index < -0.39 is 0 Å². The Bertz CT molecular complexity index is 1410. The Hall–Kier alpha value is -3.03. The molecule has 2 fully saturated rings. The number of nitrogens with one attached hydrogen (secondary N) is 1. The van der Waals surface area contributed by atoms with Crippen molar-refractivity contribution in [1.82, 2.24) is 19.7 Å². The van der Waals surface area contributed by atoms with Crippen LogP contribution in [0.3, 0.4) is 0 Å². The molecule has 0 radical (unpaired) electrons. The summed E-state index contributed by atoms with van der Waals surface area (Å²) in [7, 11) is 1.84. The molecule has 2 aliphatic heterocycles. The Morgan fingerprint density at radius 1 is 0.923 bits per heavy atom. The number of H-pyrrole nitrogens is 1. The van der Waals surface area contributed by atoms with Gasteiger partial charge < -0.3 is 19.7 Å². The summed E-state index contributed by atoms with van der Waals surface area (Å²) in [6.45, 7) is 5.88. The molecule has 5 rings (SSSR count). The van der Waals surface area contributed by atoms with E-state index in [1.54, 1.807) is 22.8 Å². The third-order valence-corrected chi connectivity index (χ3v) is 9.11. The van der Waals surface area contributed by atoms with Gasteiger partial charge in [-0.2, -0.15) is 0 Å². The lowest BCUT2D eigenvalue weighted by Gasteiger charge is -2.44. The van der Waals surface area contributed by atoms with E-state index in [1.165, 1.54) is 0 Å². The van der Waals surface area contributed by atoms with Gasteiger partial charge in [0.2, 0.25) is 11.8 Å². The van der Waals surface area contributed by atoms with Gasteiger partial charge in [-0.1, -0.05) is 40.9 Å². The van der Waals surface area contributed by atoms with Gasteiger partial charge in [-0.25, -0.2) is 0 Å². The zero-order valence-corrected chi connectivity index (χ0v) is 24.1. The number of carbonyl (C=O) groups excluding carboxylic acids is 3. The molecule has 3 heterocycles. The molecule has 0 bridgehead atoms. The van der Waals surface area contributed by atoms with E-state index in [1.807, 2.05) is 49.2 Å². The summed E-state index contributed by atoms with van der Waals surface area (Å²) in [5, 5.41) is 1.92. The molecule has 3 aromatic rings. The predicted molar refractivity (Wildman–Crippen MR) is 154 cm³/mol. The van der Waals surface area contributed by atoms with Crippen molar-refractivity contribution in [2.24, 2.45) is 5.92 Å². The van der Waals surface area contributed by atoms with Crippen molar-refractivity contribution < 1.29 is 14.4 Å². The van der Waals surface area contributed by atoms with Gasteiger partial charge in [0, 0.05) is 68.9 Å².